The number of allylic oxidation sites excluding steroid dienone is 2. The molecule has 3 aliphatic carbocycles. The van der Waals surface area contributed by atoms with Crippen LogP contribution in [0.5, 0.6) is 5.75 Å². The second-order valence-corrected chi connectivity index (χ2v) is 13.5. The normalized spacial score (nSPS) is 24.6. The largest absolute Gasteiger partial charge is 0.528 e. The highest BCUT2D eigenvalue weighted by Crippen LogP contribution is 2.61. The van der Waals surface area contributed by atoms with Gasteiger partial charge in [-0.2, -0.15) is 0 Å². The fraction of sp³-hybridized carbons (Fsp3) is 0.389. The summed E-state index contributed by atoms with van der Waals surface area (Å²) in [6.45, 7) is 0.985. The van der Waals surface area contributed by atoms with Gasteiger partial charge in [0.25, 0.3) is 0 Å². The van der Waals surface area contributed by atoms with Gasteiger partial charge in [0.2, 0.25) is 0 Å². The van der Waals surface area contributed by atoms with Gasteiger partial charge in [-0.3, -0.25) is 9.42 Å². The Hall–Kier alpha value is -2.99. The first kappa shape index (κ1) is 28.8. The maximum atomic E-state index is 13.9. The summed E-state index contributed by atoms with van der Waals surface area (Å²) in [6.07, 6.45) is 9.89. The molecule has 0 radical (unpaired) electrons. The third kappa shape index (κ3) is 5.45. The number of rotatable bonds is 6. The molecular formula is C36H39O6P. The molecular weight excluding hydrogens is 559 g/mol. The highest BCUT2D eigenvalue weighted by molar-refractivity contribution is 7.48. The third-order valence-electron chi connectivity index (χ3n) is 9.35. The molecule has 3 aromatic carbocycles. The Kier molecular flexibility index (Phi) is 7.92. The first-order valence-corrected chi connectivity index (χ1v) is 17.0. The van der Waals surface area contributed by atoms with Gasteiger partial charge in [0, 0.05) is 31.3 Å². The van der Waals surface area contributed by atoms with Crippen molar-refractivity contribution in [2.45, 2.75) is 76.6 Å². The van der Waals surface area contributed by atoms with E-state index in [1.807, 2.05) is 24.3 Å². The molecule has 43 heavy (non-hydrogen) atoms. The van der Waals surface area contributed by atoms with Gasteiger partial charge in [-0.1, -0.05) is 48.5 Å². The summed E-state index contributed by atoms with van der Waals surface area (Å²) in [5.74, 6) is 0.247. The number of ether oxygens (including phenoxy) is 2. The fourth-order valence-electron chi connectivity index (χ4n) is 7.57. The Bertz CT molecular complexity index is 1670. The van der Waals surface area contributed by atoms with Crippen molar-refractivity contribution in [1.29, 1.82) is 0 Å². The summed E-state index contributed by atoms with van der Waals surface area (Å²) in [5, 5.41) is 0. The molecule has 7 rings (SSSR count). The summed E-state index contributed by atoms with van der Waals surface area (Å²) in [7, 11) is -1.12. The van der Waals surface area contributed by atoms with Crippen molar-refractivity contribution in [1.82, 2.24) is 0 Å². The molecule has 0 aromatic heterocycles. The van der Waals surface area contributed by atoms with E-state index in [4.69, 9.17) is 18.5 Å². The van der Waals surface area contributed by atoms with E-state index >= 15 is 0 Å². The molecule has 1 aliphatic heterocycles. The quantitative estimate of drug-likeness (QED) is 0.287. The lowest BCUT2D eigenvalue weighted by atomic mass is 9.70. The predicted octanol–water partition coefficient (Wildman–Crippen LogP) is 8.45. The van der Waals surface area contributed by atoms with Gasteiger partial charge >= 0.3 is 7.82 Å². The second kappa shape index (κ2) is 11.8. The standard InChI is InChI=1S/C36H39O6P/c1-39-21-23-9-7-13-25(17-23)31-19-27-11-3-5-15-29(27)33-34-30-16-6-4-12-28(30)20-32(26-14-8-10-24(18-26)22-40-2)36(34)42-43(37,38)41-35(31)33/h7-10,13-14,17-20,31,35H,3-6,11-12,15-16,21-22H2,1-2H3,(H,37,38). The van der Waals surface area contributed by atoms with Crippen LogP contribution in [0.1, 0.15) is 77.8 Å². The molecule has 0 amide bonds. The van der Waals surface area contributed by atoms with Gasteiger partial charge in [-0.25, -0.2) is 4.57 Å². The molecule has 1 heterocycles. The van der Waals surface area contributed by atoms with Crippen LogP contribution in [0.4, 0.5) is 0 Å². The maximum Gasteiger partial charge on any atom is 0.528 e. The molecule has 3 atom stereocenters. The van der Waals surface area contributed by atoms with Crippen LogP contribution < -0.4 is 4.52 Å². The van der Waals surface area contributed by atoms with E-state index in [-0.39, 0.29) is 5.92 Å². The van der Waals surface area contributed by atoms with Crippen LogP contribution in [0.3, 0.4) is 0 Å². The zero-order valence-electron chi connectivity index (χ0n) is 24.9. The number of aryl methyl sites for hydroxylation is 1. The van der Waals surface area contributed by atoms with E-state index in [0.29, 0.717) is 19.0 Å². The lowest BCUT2D eigenvalue weighted by Gasteiger charge is -2.37. The Balaban J connectivity index is 1.50. The lowest BCUT2D eigenvalue weighted by molar-refractivity contribution is 0.166. The van der Waals surface area contributed by atoms with E-state index < -0.39 is 13.9 Å². The van der Waals surface area contributed by atoms with Crippen molar-refractivity contribution in [3.8, 4) is 16.9 Å². The average Bonchev–Trinajstić information content (AvgIpc) is 3.14. The van der Waals surface area contributed by atoms with E-state index in [9.17, 15) is 9.46 Å². The van der Waals surface area contributed by atoms with Crippen molar-refractivity contribution in [3.63, 3.8) is 0 Å². The number of hydrogen-bond acceptors (Lipinski definition) is 5. The highest BCUT2D eigenvalue weighted by atomic mass is 31.2. The van der Waals surface area contributed by atoms with Gasteiger partial charge in [-0.05, 0) is 114 Å². The van der Waals surface area contributed by atoms with Crippen LogP contribution in [-0.2, 0) is 44.6 Å². The van der Waals surface area contributed by atoms with Crippen LogP contribution in [0.2, 0.25) is 0 Å². The smallest absolute Gasteiger partial charge is 0.403 e. The molecule has 3 aromatic rings. The van der Waals surface area contributed by atoms with Crippen LogP contribution in [-0.4, -0.2) is 25.2 Å². The molecule has 1 saturated carbocycles. The molecule has 1 N–H and O–H groups in total. The van der Waals surface area contributed by atoms with Crippen molar-refractivity contribution < 1.29 is 28.0 Å². The zero-order valence-corrected chi connectivity index (χ0v) is 25.8. The van der Waals surface area contributed by atoms with Crippen molar-refractivity contribution in [3.05, 3.63) is 105 Å². The molecule has 0 bridgehead atoms. The molecule has 3 unspecified atom stereocenters. The first-order chi connectivity index (χ1) is 21.0. The lowest BCUT2D eigenvalue weighted by Crippen LogP contribution is -2.28. The summed E-state index contributed by atoms with van der Waals surface area (Å²) in [5.41, 5.74) is 12.1. The van der Waals surface area contributed by atoms with Gasteiger partial charge < -0.3 is 14.0 Å². The minimum atomic E-state index is -4.50. The minimum absolute atomic E-state index is 0.230. The van der Waals surface area contributed by atoms with Crippen LogP contribution in [0.25, 0.3) is 16.7 Å². The van der Waals surface area contributed by atoms with Crippen molar-refractivity contribution in [2.24, 2.45) is 0 Å². The number of benzene rings is 3. The highest BCUT2D eigenvalue weighted by Gasteiger charge is 2.46. The number of phosphoric acid groups is 1. The van der Waals surface area contributed by atoms with Crippen LogP contribution >= 0.6 is 7.82 Å². The van der Waals surface area contributed by atoms with Gasteiger partial charge in [0.15, 0.2) is 0 Å². The number of methoxy groups -OCH3 is 2. The van der Waals surface area contributed by atoms with E-state index in [0.717, 1.165) is 90.3 Å². The maximum absolute atomic E-state index is 13.9. The predicted molar refractivity (Wildman–Crippen MR) is 168 cm³/mol. The Morgan fingerprint density at radius 3 is 2.42 bits per heavy atom. The summed E-state index contributed by atoms with van der Waals surface area (Å²) < 4.78 is 37.3. The average molecular weight is 599 g/mol. The van der Waals surface area contributed by atoms with Crippen molar-refractivity contribution >= 4 is 13.4 Å². The Labute approximate surface area is 254 Å². The Morgan fingerprint density at radius 2 is 1.60 bits per heavy atom. The first-order valence-electron chi connectivity index (χ1n) is 15.5. The molecule has 7 heteroatoms. The molecule has 1 fully saturated rings. The van der Waals surface area contributed by atoms with Gasteiger partial charge in [0.1, 0.15) is 11.9 Å². The Morgan fingerprint density at radius 1 is 0.884 bits per heavy atom. The van der Waals surface area contributed by atoms with Gasteiger partial charge in [0.05, 0.1) is 13.2 Å². The second-order valence-electron chi connectivity index (χ2n) is 12.2. The van der Waals surface area contributed by atoms with E-state index in [1.54, 1.807) is 14.2 Å². The van der Waals surface area contributed by atoms with Crippen LogP contribution in [0, 0.1) is 0 Å². The number of hydrogen-bond donors (Lipinski definition) is 1. The van der Waals surface area contributed by atoms with Gasteiger partial charge in [-0.15, -0.1) is 0 Å². The number of phosphoric ester groups is 1. The topological polar surface area (TPSA) is 74.2 Å². The SMILES string of the molecule is COCc1cccc(-c2cc3c(c4c2OP(=O)(O)OC2C4=C4CCCCC4=CC2c2cccc(COC)c2)CCCC3)c1. The fourth-order valence-corrected chi connectivity index (χ4v) is 8.56. The summed E-state index contributed by atoms with van der Waals surface area (Å²) in [6, 6.07) is 18.7. The van der Waals surface area contributed by atoms with E-state index in [2.05, 4.69) is 36.4 Å². The third-order valence-corrected chi connectivity index (χ3v) is 10.3. The monoisotopic (exact) mass is 598 g/mol. The molecule has 0 saturated heterocycles. The summed E-state index contributed by atoms with van der Waals surface area (Å²) >= 11 is 0. The molecule has 0 spiro atoms. The summed E-state index contributed by atoms with van der Waals surface area (Å²) in [4.78, 5) is 11.4. The molecule has 224 valence electrons. The molecule has 4 aliphatic rings. The van der Waals surface area contributed by atoms with Crippen LogP contribution in [0.15, 0.2) is 71.8 Å². The zero-order chi connectivity index (χ0) is 29.6. The molecule has 6 nitrogen and oxygen atoms in total. The number of fused-ring (bicyclic) bond motifs is 6. The van der Waals surface area contributed by atoms with E-state index in [1.165, 1.54) is 22.3 Å². The minimum Gasteiger partial charge on any atom is -0.403 e. The van der Waals surface area contributed by atoms with Crippen molar-refractivity contribution in [2.75, 3.05) is 14.2 Å².